The molecule has 0 radical (unpaired) electrons. The first-order chi connectivity index (χ1) is 6.07. The first-order valence-electron chi connectivity index (χ1n) is 5.09. The zero-order chi connectivity index (χ0) is 10.3. The number of ether oxygens (including phenoxy) is 1. The Morgan fingerprint density at radius 3 is 2.46 bits per heavy atom. The van der Waals surface area contributed by atoms with Crippen molar-refractivity contribution in [2.45, 2.75) is 26.8 Å². The summed E-state index contributed by atoms with van der Waals surface area (Å²) < 4.78 is 5.27. The molecule has 0 saturated heterocycles. The van der Waals surface area contributed by atoms with Crippen LogP contribution in [0.25, 0.3) is 0 Å². The van der Waals surface area contributed by atoms with Crippen LogP contribution in [0.1, 0.15) is 20.8 Å². The van der Waals surface area contributed by atoms with Crippen LogP contribution >= 0.6 is 0 Å². The van der Waals surface area contributed by atoms with Crippen LogP contribution in [-0.2, 0) is 4.74 Å². The maximum atomic E-state index is 5.78. The lowest BCUT2D eigenvalue weighted by Crippen LogP contribution is -2.35. The summed E-state index contributed by atoms with van der Waals surface area (Å²) in [6, 6.07) is 0.273. The standard InChI is InChI=1S/C10H24N2O/c1-5-13-7-6-12(4)8-9(2)10(3)11/h9-10H,5-8,11H2,1-4H3. The molecule has 0 aromatic heterocycles. The van der Waals surface area contributed by atoms with Gasteiger partial charge in [-0.3, -0.25) is 0 Å². The van der Waals surface area contributed by atoms with Gasteiger partial charge in [0.15, 0.2) is 0 Å². The highest BCUT2D eigenvalue weighted by molar-refractivity contribution is 4.66. The third-order valence-electron chi connectivity index (χ3n) is 2.32. The summed E-state index contributed by atoms with van der Waals surface area (Å²) in [5.41, 5.74) is 5.78. The van der Waals surface area contributed by atoms with Gasteiger partial charge in [-0.1, -0.05) is 6.92 Å². The quantitative estimate of drug-likeness (QED) is 0.604. The fraction of sp³-hybridized carbons (Fsp3) is 1.00. The molecule has 0 bridgehead atoms. The van der Waals surface area contributed by atoms with Gasteiger partial charge in [0, 0.05) is 25.7 Å². The van der Waals surface area contributed by atoms with E-state index in [9.17, 15) is 0 Å². The minimum Gasteiger partial charge on any atom is -0.380 e. The summed E-state index contributed by atoms with van der Waals surface area (Å²) in [5.74, 6) is 0.548. The molecule has 80 valence electrons. The van der Waals surface area contributed by atoms with Gasteiger partial charge in [-0.05, 0) is 26.8 Å². The van der Waals surface area contributed by atoms with Crippen LogP contribution in [0, 0.1) is 5.92 Å². The molecular weight excluding hydrogens is 164 g/mol. The van der Waals surface area contributed by atoms with Gasteiger partial charge in [0.05, 0.1) is 6.61 Å². The SMILES string of the molecule is CCOCCN(C)CC(C)C(C)N. The highest BCUT2D eigenvalue weighted by Crippen LogP contribution is 2.01. The van der Waals surface area contributed by atoms with Crippen LogP contribution in [0.15, 0.2) is 0 Å². The molecule has 0 aliphatic carbocycles. The van der Waals surface area contributed by atoms with E-state index in [0.717, 1.165) is 26.3 Å². The van der Waals surface area contributed by atoms with Gasteiger partial charge in [0.1, 0.15) is 0 Å². The summed E-state index contributed by atoms with van der Waals surface area (Å²) in [6.07, 6.45) is 0. The average molecular weight is 188 g/mol. The smallest absolute Gasteiger partial charge is 0.0593 e. The third kappa shape index (κ3) is 6.99. The van der Waals surface area contributed by atoms with Gasteiger partial charge in [-0.2, -0.15) is 0 Å². The van der Waals surface area contributed by atoms with Crippen LogP contribution in [0.2, 0.25) is 0 Å². The first-order valence-corrected chi connectivity index (χ1v) is 5.09. The monoisotopic (exact) mass is 188 g/mol. The molecule has 2 unspecified atom stereocenters. The van der Waals surface area contributed by atoms with Gasteiger partial charge < -0.3 is 15.4 Å². The highest BCUT2D eigenvalue weighted by Gasteiger charge is 2.09. The third-order valence-corrected chi connectivity index (χ3v) is 2.32. The fourth-order valence-corrected chi connectivity index (χ4v) is 1.11. The number of likely N-dealkylation sites (N-methyl/N-ethyl adjacent to an activating group) is 1. The van der Waals surface area contributed by atoms with E-state index in [1.54, 1.807) is 0 Å². The van der Waals surface area contributed by atoms with E-state index >= 15 is 0 Å². The number of nitrogens with two attached hydrogens (primary N) is 1. The summed E-state index contributed by atoms with van der Waals surface area (Å²) >= 11 is 0. The number of hydrogen-bond acceptors (Lipinski definition) is 3. The molecule has 0 rings (SSSR count). The van der Waals surface area contributed by atoms with Gasteiger partial charge in [0.25, 0.3) is 0 Å². The largest absolute Gasteiger partial charge is 0.380 e. The molecular formula is C10H24N2O. The summed E-state index contributed by atoms with van der Waals surface area (Å²) in [6.45, 7) is 9.92. The molecule has 0 aromatic rings. The Morgan fingerprint density at radius 2 is 2.00 bits per heavy atom. The van der Waals surface area contributed by atoms with E-state index in [1.165, 1.54) is 0 Å². The second-order valence-corrected chi connectivity index (χ2v) is 3.80. The lowest BCUT2D eigenvalue weighted by Gasteiger charge is -2.23. The van der Waals surface area contributed by atoms with Gasteiger partial charge in [0.2, 0.25) is 0 Å². The van der Waals surface area contributed by atoms with Crippen molar-refractivity contribution in [3.63, 3.8) is 0 Å². The Labute approximate surface area is 82.2 Å². The molecule has 0 amide bonds. The first kappa shape index (κ1) is 12.9. The number of hydrogen-bond donors (Lipinski definition) is 1. The van der Waals surface area contributed by atoms with Crippen LogP contribution in [-0.4, -0.2) is 44.3 Å². The van der Waals surface area contributed by atoms with Crippen molar-refractivity contribution in [1.29, 1.82) is 0 Å². The van der Waals surface area contributed by atoms with E-state index in [4.69, 9.17) is 10.5 Å². The lowest BCUT2D eigenvalue weighted by atomic mass is 10.0. The highest BCUT2D eigenvalue weighted by atomic mass is 16.5. The molecule has 0 heterocycles. The van der Waals surface area contributed by atoms with E-state index in [-0.39, 0.29) is 6.04 Å². The molecule has 0 saturated carbocycles. The molecule has 0 fully saturated rings. The second kappa shape index (κ2) is 7.30. The normalized spacial score (nSPS) is 16.2. The zero-order valence-electron chi connectivity index (χ0n) is 9.42. The van der Waals surface area contributed by atoms with Crippen LogP contribution in [0.5, 0.6) is 0 Å². The van der Waals surface area contributed by atoms with Gasteiger partial charge >= 0.3 is 0 Å². The predicted octanol–water partition coefficient (Wildman–Crippen LogP) is 0.938. The van der Waals surface area contributed by atoms with E-state index in [0.29, 0.717) is 5.92 Å². The maximum absolute atomic E-state index is 5.78. The van der Waals surface area contributed by atoms with Crippen LogP contribution in [0.3, 0.4) is 0 Å². The van der Waals surface area contributed by atoms with E-state index in [2.05, 4.69) is 25.8 Å². The Bertz CT molecular complexity index is 117. The van der Waals surface area contributed by atoms with E-state index < -0.39 is 0 Å². The molecule has 2 N–H and O–H groups in total. The minimum absolute atomic E-state index is 0.273. The molecule has 3 heteroatoms. The van der Waals surface area contributed by atoms with E-state index in [1.807, 2.05) is 6.92 Å². The molecule has 2 atom stereocenters. The minimum atomic E-state index is 0.273. The summed E-state index contributed by atoms with van der Waals surface area (Å²) in [7, 11) is 2.11. The fourth-order valence-electron chi connectivity index (χ4n) is 1.11. The number of rotatable bonds is 7. The van der Waals surface area contributed by atoms with Crippen molar-refractivity contribution in [3.8, 4) is 0 Å². The summed E-state index contributed by atoms with van der Waals surface area (Å²) in [4.78, 5) is 2.27. The Hall–Kier alpha value is -0.120. The van der Waals surface area contributed by atoms with Gasteiger partial charge in [-0.25, -0.2) is 0 Å². The molecule has 0 aromatic carbocycles. The molecule has 0 aliphatic rings. The molecule has 13 heavy (non-hydrogen) atoms. The van der Waals surface area contributed by atoms with Crippen molar-refractivity contribution in [1.82, 2.24) is 4.90 Å². The Balaban J connectivity index is 3.43. The second-order valence-electron chi connectivity index (χ2n) is 3.80. The van der Waals surface area contributed by atoms with Crippen LogP contribution < -0.4 is 5.73 Å². The predicted molar refractivity (Wildman–Crippen MR) is 56.8 cm³/mol. The summed E-state index contributed by atoms with van der Waals surface area (Å²) in [5, 5.41) is 0. The topological polar surface area (TPSA) is 38.5 Å². The van der Waals surface area contributed by atoms with Crippen molar-refractivity contribution in [2.75, 3.05) is 33.4 Å². The lowest BCUT2D eigenvalue weighted by molar-refractivity contribution is 0.116. The molecule has 0 aliphatic heterocycles. The maximum Gasteiger partial charge on any atom is 0.0593 e. The van der Waals surface area contributed by atoms with Crippen molar-refractivity contribution < 1.29 is 4.74 Å². The van der Waals surface area contributed by atoms with Crippen molar-refractivity contribution in [2.24, 2.45) is 11.7 Å². The Morgan fingerprint density at radius 1 is 1.38 bits per heavy atom. The molecule has 3 nitrogen and oxygen atoms in total. The average Bonchev–Trinajstić information content (AvgIpc) is 2.04. The van der Waals surface area contributed by atoms with Gasteiger partial charge in [-0.15, -0.1) is 0 Å². The number of nitrogens with zero attached hydrogens (tertiary/aromatic N) is 1. The van der Waals surface area contributed by atoms with Crippen molar-refractivity contribution >= 4 is 0 Å². The van der Waals surface area contributed by atoms with Crippen LogP contribution in [0.4, 0.5) is 0 Å². The van der Waals surface area contributed by atoms with Crippen molar-refractivity contribution in [3.05, 3.63) is 0 Å². The Kier molecular flexibility index (Phi) is 7.23. The zero-order valence-corrected chi connectivity index (χ0v) is 9.42. The molecule has 0 spiro atoms.